The van der Waals surface area contributed by atoms with E-state index in [9.17, 15) is 25.5 Å². The molecule has 0 amide bonds. The predicted octanol–water partition coefficient (Wildman–Crippen LogP) is 5.45. The van der Waals surface area contributed by atoms with Crippen LogP contribution in [0.5, 0.6) is 28.7 Å². The third kappa shape index (κ3) is 3.25. The van der Waals surface area contributed by atoms with Gasteiger partial charge in [-0.3, -0.25) is 0 Å². The Labute approximate surface area is 165 Å². The van der Waals surface area contributed by atoms with Gasteiger partial charge in [-0.2, -0.15) is 0 Å². The van der Waals surface area contributed by atoms with E-state index in [1.165, 1.54) is 36.4 Å². The average Bonchev–Trinajstić information content (AvgIpc) is 2.71. The Morgan fingerprint density at radius 1 is 0.552 bits per heavy atom. The molecule has 144 valence electrons. The minimum Gasteiger partial charge on any atom is -0.508 e. The van der Waals surface area contributed by atoms with E-state index in [1.54, 1.807) is 18.2 Å². The molecule has 7 heteroatoms. The summed E-state index contributed by atoms with van der Waals surface area (Å²) in [6.45, 7) is 0. The Morgan fingerprint density at radius 3 is 2.03 bits per heavy atom. The lowest BCUT2D eigenvalue weighted by molar-refractivity contribution is 0.459. The van der Waals surface area contributed by atoms with Crippen molar-refractivity contribution in [2.24, 2.45) is 10.2 Å². The Hall–Kier alpha value is -4.26. The SMILES string of the molecule is Oc1ccc(O)c(N=Nc2c(O)ccc(O)c2-c2c(O)ccc3ccccc23)c1. The van der Waals surface area contributed by atoms with Crippen LogP contribution in [0.25, 0.3) is 21.9 Å². The van der Waals surface area contributed by atoms with Crippen molar-refractivity contribution in [3.05, 3.63) is 66.7 Å². The van der Waals surface area contributed by atoms with E-state index < -0.39 is 0 Å². The Bertz CT molecular complexity index is 1270. The molecular weight excluding hydrogens is 372 g/mol. The summed E-state index contributed by atoms with van der Waals surface area (Å²) in [6, 6.07) is 16.8. The van der Waals surface area contributed by atoms with Crippen LogP contribution < -0.4 is 0 Å². The number of phenolic OH excluding ortho intramolecular Hbond substituents is 5. The van der Waals surface area contributed by atoms with Gasteiger partial charge in [-0.15, -0.1) is 10.2 Å². The van der Waals surface area contributed by atoms with E-state index in [0.717, 1.165) is 5.39 Å². The molecule has 0 bridgehead atoms. The van der Waals surface area contributed by atoms with Gasteiger partial charge in [0.1, 0.15) is 40.1 Å². The molecule has 0 aliphatic rings. The zero-order chi connectivity index (χ0) is 20.5. The minimum absolute atomic E-state index is 0.0270. The average molecular weight is 388 g/mol. The second-order valence-electron chi connectivity index (χ2n) is 6.38. The number of hydrogen-bond acceptors (Lipinski definition) is 7. The van der Waals surface area contributed by atoms with Crippen LogP contribution in [-0.2, 0) is 0 Å². The summed E-state index contributed by atoms with van der Waals surface area (Å²) in [4.78, 5) is 0. The second-order valence-corrected chi connectivity index (χ2v) is 6.38. The van der Waals surface area contributed by atoms with Gasteiger partial charge in [0, 0.05) is 11.6 Å². The molecule has 0 aliphatic heterocycles. The third-order valence-electron chi connectivity index (χ3n) is 4.51. The highest BCUT2D eigenvalue weighted by atomic mass is 16.3. The summed E-state index contributed by atoms with van der Waals surface area (Å²) in [6.07, 6.45) is 0. The van der Waals surface area contributed by atoms with Gasteiger partial charge in [-0.05, 0) is 41.1 Å². The lowest BCUT2D eigenvalue weighted by atomic mass is 9.95. The number of phenols is 5. The minimum atomic E-state index is -0.284. The van der Waals surface area contributed by atoms with Crippen molar-refractivity contribution in [2.45, 2.75) is 0 Å². The van der Waals surface area contributed by atoms with Crippen LogP contribution in [0.4, 0.5) is 11.4 Å². The lowest BCUT2D eigenvalue weighted by Crippen LogP contribution is -1.86. The highest BCUT2D eigenvalue weighted by Crippen LogP contribution is 2.49. The van der Waals surface area contributed by atoms with Gasteiger partial charge in [0.15, 0.2) is 0 Å². The van der Waals surface area contributed by atoms with Crippen LogP contribution >= 0.6 is 0 Å². The molecule has 4 rings (SSSR count). The van der Waals surface area contributed by atoms with Crippen LogP contribution in [0.15, 0.2) is 77.0 Å². The number of rotatable bonds is 3. The molecule has 0 unspecified atom stereocenters. The third-order valence-corrected chi connectivity index (χ3v) is 4.51. The fourth-order valence-electron chi connectivity index (χ4n) is 3.14. The molecule has 0 fully saturated rings. The molecule has 0 saturated heterocycles. The number of aromatic hydroxyl groups is 5. The first-order valence-corrected chi connectivity index (χ1v) is 8.65. The number of benzene rings is 4. The summed E-state index contributed by atoms with van der Waals surface area (Å²) < 4.78 is 0. The molecule has 0 saturated carbocycles. The van der Waals surface area contributed by atoms with E-state index in [1.807, 2.05) is 12.1 Å². The van der Waals surface area contributed by atoms with Gasteiger partial charge in [0.25, 0.3) is 0 Å². The summed E-state index contributed by atoms with van der Waals surface area (Å²) in [5, 5.41) is 60.3. The van der Waals surface area contributed by atoms with Crippen molar-refractivity contribution in [1.82, 2.24) is 0 Å². The molecule has 5 N–H and O–H groups in total. The molecule has 0 spiro atoms. The predicted molar refractivity (Wildman–Crippen MR) is 108 cm³/mol. The van der Waals surface area contributed by atoms with Gasteiger partial charge >= 0.3 is 0 Å². The maximum absolute atomic E-state index is 10.5. The van der Waals surface area contributed by atoms with Gasteiger partial charge in [-0.1, -0.05) is 30.3 Å². The monoisotopic (exact) mass is 388 g/mol. The molecule has 0 aliphatic carbocycles. The van der Waals surface area contributed by atoms with E-state index in [4.69, 9.17) is 0 Å². The van der Waals surface area contributed by atoms with Crippen LogP contribution in [0.1, 0.15) is 0 Å². The quantitative estimate of drug-likeness (QED) is 0.236. The number of azo groups is 1. The molecular formula is C22H16N2O5. The van der Waals surface area contributed by atoms with Crippen molar-refractivity contribution >= 4 is 22.1 Å². The van der Waals surface area contributed by atoms with Gasteiger partial charge in [-0.25, -0.2) is 0 Å². The molecule has 4 aromatic carbocycles. The van der Waals surface area contributed by atoms with Crippen molar-refractivity contribution in [3.8, 4) is 39.9 Å². The van der Waals surface area contributed by atoms with Crippen molar-refractivity contribution in [2.75, 3.05) is 0 Å². The maximum Gasteiger partial charge on any atom is 0.144 e. The summed E-state index contributed by atoms with van der Waals surface area (Å²) >= 11 is 0. The fourth-order valence-corrected chi connectivity index (χ4v) is 3.14. The van der Waals surface area contributed by atoms with Crippen LogP contribution in [-0.4, -0.2) is 25.5 Å². The molecule has 0 radical (unpaired) electrons. The van der Waals surface area contributed by atoms with Gasteiger partial charge in [0.05, 0.1) is 5.56 Å². The zero-order valence-corrected chi connectivity index (χ0v) is 15.0. The molecule has 29 heavy (non-hydrogen) atoms. The summed E-state index contributed by atoms with van der Waals surface area (Å²) in [5.74, 6) is -0.956. The lowest BCUT2D eigenvalue weighted by Gasteiger charge is -2.14. The van der Waals surface area contributed by atoms with E-state index in [2.05, 4.69) is 10.2 Å². The number of fused-ring (bicyclic) bond motifs is 1. The Balaban J connectivity index is 1.98. The van der Waals surface area contributed by atoms with Crippen LogP contribution in [0.3, 0.4) is 0 Å². The van der Waals surface area contributed by atoms with Crippen LogP contribution in [0, 0.1) is 0 Å². The van der Waals surface area contributed by atoms with Crippen LogP contribution in [0.2, 0.25) is 0 Å². The van der Waals surface area contributed by atoms with E-state index in [-0.39, 0.29) is 51.2 Å². The molecule has 7 nitrogen and oxygen atoms in total. The maximum atomic E-state index is 10.5. The van der Waals surface area contributed by atoms with Crippen molar-refractivity contribution < 1.29 is 25.5 Å². The number of hydrogen-bond donors (Lipinski definition) is 5. The molecule has 0 atom stereocenters. The van der Waals surface area contributed by atoms with Gasteiger partial charge in [0.2, 0.25) is 0 Å². The molecule has 0 heterocycles. The largest absolute Gasteiger partial charge is 0.508 e. The second kappa shape index (κ2) is 7.05. The highest BCUT2D eigenvalue weighted by molar-refractivity contribution is 6.04. The first-order chi connectivity index (χ1) is 14.0. The molecule has 0 aromatic heterocycles. The Kier molecular flexibility index (Phi) is 4.40. The summed E-state index contributed by atoms with van der Waals surface area (Å²) in [5.41, 5.74) is 0.244. The fraction of sp³-hybridized carbons (Fsp3) is 0. The summed E-state index contributed by atoms with van der Waals surface area (Å²) in [7, 11) is 0. The Morgan fingerprint density at radius 2 is 1.21 bits per heavy atom. The highest BCUT2D eigenvalue weighted by Gasteiger charge is 2.20. The van der Waals surface area contributed by atoms with E-state index >= 15 is 0 Å². The van der Waals surface area contributed by atoms with Crippen molar-refractivity contribution in [3.63, 3.8) is 0 Å². The van der Waals surface area contributed by atoms with Gasteiger partial charge < -0.3 is 25.5 Å². The first kappa shape index (κ1) is 18.1. The van der Waals surface area contributed by atoms with Crippen molar-refractivity contribution in [1.29, 1.82) is 0 Å². The van der Waals surface area contributed by atoms with E-state index in [0.29, 0.717) is 5.39 Å². The molecule has 4 aromatic rings. The first-order valence-electron chi connectivity index (χ1n) is 8.65. The zero-order valence-electron chi connectivity index (χ0n) is 15.0. The number of nitrogens with zero attached hydrogens (tertiary/aromatic N) is 2. The normalized spacial score (nSPS) is 11.3. The topological polar surface area (TPSA) is 126 Å². The smallest absolute Gasteiger partial charge is 0.144 e. The standard InChI is InChI=1S/C22H16N2O5/c25-13-6-8-16(26)15(11-13)23-24-22-19(29)10-9-18(28)21(22)20-14-4-2-1-3-12(14)5-7-17(20)27/h1-11,25-29H.